The van der Waals surface area contributed by atoms with E-state index in [1.165, 1.54) is 0 Å². The van der Waals surface area contributed by atoms with Gasteiger partial charge >= 0.3 is 5.97 Å². The molecule has 0 aliphatic heterocycles. The summed E-state index contributed by atoms with van der Waals surface area (Å²) in [6, 6.07) is 16.9. The van der Waals surface area contributed by atoms with Gasteiger partial charge < -0.3 is 10.0 Å². The van der Waals surface area contributed by atoms with Crippen molar-refractivity contribution in [3.63, 3.8) is 0 Å². The van der Waals surface area contributed by atoms with E-state index in [0.717, 1.165) is 17.7 Å². The zero-order valence-corrected chi connectivity index (χ0v) is 11.9. The van der Waals surface area contributed by atoms with Gasteiger partial charge in [0.1, 0.15) is 0 Å². The number of nitrogens with zero attached hydrogens (tertiary/aromatic N) is 2. The molecule has 0 saturated heterocycles. The van der Waals surface area contributed by atoms with Crippen LogP contribution in [0, 0.1) is 0 Å². The molecule has 108 valence electrons. The van der Waals surface area contributed by atoms with E-state index in [2.05, 4.69) is 4.99 Å². The Hall–Kier alpha value is -2.62. The minimum absolute atomic E-state index is 0.311. The summed E-state index contributed by atoms with van der Waals surface area (Å²) >= 11 is 0. The summed E-state index contributed by atoms with van der Waals surface area (Å²) in [4.78, 5) is 17.1. The van der Waals surface area contributed by atoms with Crippen molar-refractivity contribution in [2.75, 3.05) is 18.5 Å². The summed E-state index contributed by atoms with van der Waals surface area (Å²) in [5.41, 5.74) is 2.48. The van der Waals surface area contributed by atoms with Crippen LogP contribution in [0.2, 0.25) is 0 Å². The first-order valence-electron chi connectivity index (χ1n) is 6.77. The third-order valence-corrected chi connectivity index (χ3v) is 3.15. The standard InChI is InChI=1S/C17H18N2O2/c1-19(16-5-3-2-4-6-16)13-18-12-11-14-7-9-15(10-8-14)17(20)21/h2-10,13H,11-12H2,1H3,(H,20,21). The number of hydrogen-bond donors (Lipinski definition) is 1. The molecule has 0 aliphatic carbocycles. The van der Waals surface area contributed by atoms with Crippen LogP contribution in [0.25, 0.3) is 0 Å². The maximum absolute atomic E-state index is 10.8. The highest BCUT2D eigenvalue weighted by Crippen LogP contribution is 2.09. The van der Waals surface area contributed by atoms with E-state index in [-0.39, 0.29) is 0 Å². The molecule has 0 unspecified atom stereocenters. The van der Waals surface area contributed by atoms with Gasteiger partial charge in [-0.05, 0) is 36.2 Å². The Morgan fingerprint density at radius 1 is 1.14 bits per heavy atom. The second-order valence-electron chi connectivity index (χ2n) is 4.72. The average molecular weight is 282 g/mol. The highest BCUT2D eigenvalue weighted by molar-refractivity contribution is 5.87. The van der Waals surface area contributed by atoms with Crippen molar-refractivity contribution in [1.82, 2.24) is 0 Å². The van der Waals surface area contributed by atoms with Crippen molar-refractivity contribution < 1.29 is 9.90 Å². The van der Waals surface area contributed by atoms with Crippen LogP contribution in [0.15, 0.2) is 59.6 Å². The normalized spacial score (nSPS) is 10.7. The van der Waals surface area contributed by atoms with Gasteiger partial charge in [-0.15, -0.1) is 0 Å². The van der Waals surface area contributed by atoms with Crippen molar-refractivity contribution in [1.29, 1.82) is 0 Å². The number of benzene rings is 2. The Bertz CT molecular complexity index is 606. The van der Waals surface area contributed by atoms with Crippen LogP contribution in [0.3, 0.4) is 0 Å². The Kier molecular flexibility index (Phi) is 5.10. The Morgan fingerprint density at radius 3 is 2.43 bits per heavy atom. The number of rotatable bonds is 6. The van der Waals surface area contributed by atoms with E-state index < -0.39 is 5.97 Å². The maximum Gasteiger partial charge on any atom is 0.335 e. The average Bonchev–Trinajstić information content (AvgIpc) is 2.52. The molecule has 0 atom stereocenters. The van der Waals surface area contributed by atoms with Gasteiger partial charge in [-0.1, -0.05) is 30.3 Å². The van der Waals surface area contributed by atoms with Crippen molar-refractivity contribution in [3.05, 3.63) is 65.7 Å². The number of carboxylic acids is 1. The zero-order chi connectivity index (χ0) is 15.1. The molecular weight excluding hydrogens is 264 g/mol. The lowest BCUT2D eigenvalue weighted by Gasteiger charge is -2.12. The highest BCUT2D eigenvalue weighted by atomic mass is 16.4. The number of carbonyl (C=O) groups is 1. The minimum Gasteiger partial charge on any atom is -0.478 e. The van der Waals surface area contributed by atoms with Gasteiger partial charge in [0.15, 0.2) is 0 Å². The zero-order valence-electron chi connectivity index (χ0n) is 11.9. The first-order chi connectivity index (χ1) is 10.2. The quantitative estimate of drug-likeness (QED) is 0.654. The topological polar surface area (TPSA) is 52.9 Å². The molecule has 0 saturated carbocycles. The smallest absolute Gasteiger partial charge is 0.335 e. The molecule has 0 aliphatic rings. The molecule has 4 nitrogen and oxygen atoms in total. The van der Waals surface area contributed by atoms with Crippen LogP contribution in [0.5, 0.6) is 0 Å². The number of hydrogen-bond acceptors (Lipinski definition) is 2. The molecule has 0 fully saturated rings. The molecule has 2 aromatic rings. The number of para-hydroxylation sites is 1. The lowest BCUT2D eigenvalue weighted by Crippen LogP contribution is -2.14. The van der Waals surface area contributed by atoms with Crippen LogP contribution in [0.1, 0.15) is 15.9 Å². The Morgan fingerprint density at radius 2 is 1.81 bits per heavy atom. The predicted octanol–water partition coefficient (Wildman–Crippen LogP) is 3.09. The number of aliphatic imine (C=N–C) groups is 1. The van der Waals surface area contributed by atoms with Gasteiger partial charge in [-0.25, -0.2) is 4.79 Å². The van der Waals surface area contributed by atoms with Crippen molar-refractivity contribution in [2.45, 2.75) is 6.42 Å². The summed E-state index contributed by atoms with van der Waals surface area (Å²) in [6.45, 7) is 0.670. The van der Waals surface area contributed by atoms with Crippen LogP contribution in [-0.4, -0.2) is 31.0 Å². The first kappa shape index (κ1) is 14.8. The molecule has 21 heavy (non-hydrogen) atoms. The van der Waals surface area contributed by atoms with E-state index in [4.69, 9.17) is 5.11 Å². The summed E-state index contributed by atoms with van der Waals surface area (Å²) in [7, 11) is 1.96. The fraction of sp³-hybridized carbons (Fsp3) is 0.176. The third-order valence-electron chi connectivity index (χ3n) is 3.15. The molecule has 0 heterocycles. The van der Waals surface area contributed by atoms with E-state index in [0.29, 0.717) is 12.1 Å². The lowest BCUT2D eigenvalue weighted by molar-refractivity contribution is 0.0697. The summed E-state index contributed by atoms with van der Waals surface area (Å²) in [5, 5.41) is 8.83. The Labute approximate surface area is 124 Å². The largest absolute Gasteiger partial charge is 0.478 e. The molecule has 0 radical (unpaired) electrons. The summed E-state index contributed by atoms with van der Waals surface area (Å²) in [5.74, 6) is -0.899. The van der Waals surface area contributed by atoms with Crippen molar-refractivity contribution in [2.24, 2.45) is 4.99 Å². The van der Waals surface area contributed by atoms with Crippen LogP contribution < -0.4 is 4.90 Å². The SMILES string of the molecule is CN(C=NCCc1ccc(C(=O)O)cc1)c1ccccc1. The van der Waals surface area contributed by atoms with Gasteiger partial charge in [-0.3, -0.25) is 4.99 Å². The number of aromatic carboxylic acids is 1. The summed E-state index contributed by atoms with van der Waals surface area (Å²) in [6.07, 6.45) is 2.60. The number of anilines is 1. The van der Waals surface area contributed by atoms with E-state index in [9.17, 15) is 4.79 Å². The monoisotopic (exact) mass is 282 g/mol. The van der Waals surface area contributed by atoms with Gasteiger partial charge in [0, 0.05) is 19.3 Å². The maximum atomic E-state index is 10.8. The van der Waals surface area contributed by atoms with Gasteiger partial charge in [-0.2, -0.15) is 0 Å². The third kappa shape index (κ3) is 4.45. The molecule has 0 bridgehead atoms. The van der Waals surface area contributed by atoms with E-state index in [1.54, 1.807) is 18.5 Å². The van der Waals surface area contributed by atoms with Crippen LogP contribution in [-0.2, 0) is 6.42 Å². The van der Waals surface area contributed by atoms with Gasteiger partial charge in [0.25, 0.3) is 0 Å². The molecular formula is C17H18N2O2. The molecule has 1 N–H and O–H groups in total. The number of carboxylic acid groups (broad SMARTS) is 1. The first-order valence-corrected chi connectivity index (χ1v) is 6.77. The van der Waals surface area contributed by atoms with Gasteiger partial charge in [0.2, 0.25) is 0 Å². The van der Waals surface area contributed by atoms with Crippen LogP contribution >= 0.6 is 0 Å². The second-order valence-corrected chi connectivity index (χ2v) is 4.72. The molecule has 2 rings (SSSR count). The van der Waals surface area contributed by atoms with Crippen LogP contribution in [0.4, 0.5) is 5.69 Å². The fourth-order valence-electron chi connectivity index (χ4n) is 1.92. The molecule has 4 heteroatoms. The second kappa shape index (κ2) is 7.24. The lowest BCUT2D eigenvalue weighted by atomic mass is 10.1. The van der Waals surface area contributed by atoms with Crippen molar-refractivity contribution in [3.8, 4) is 0 Å². The molecule has 0 amide bonds. The Balaban J connectivity index is 1.83. The van der Waals surface area contributed by atoms with Gasteiger partial charge in [0.05, 0.1) is 11.9 Å². The predicted molar refractivity (Wildman–Crippen MR) is 85.3 cm³/mol. The van der Waals surface area contributed by atoms with Crippen molar-refractivity contribution >= 4 is 18.0 Å². The molecule has 0 aromatic heterocycles. The highest BCUT2D eigenvalue weighted by Gasteiger charge is 2.01. The molecule has 0 spiro atoms. The minimum atomic E-state index is -0.899. The summed E-state index contributed by atoms with van der Waals surface area (Å²) < 4.78 is 0. The van der Waals surface area contributed by atoms with E-state index >= 15 is 0 Å². The van der Waals surface area contributed by atoms with E-state index in [1.807, 2.05) is 54.4 Å². The molecule has 2 aromatic carbocycles. The fourth-order valence-corrected chi connectivity index (χ4v) is 1.92.